The van der Waals surface area contributed by atoms with E-state index >= 15 is 0 Å². The lowest BCUT2D eigenvalue weighted by Crippen LogP contribution is -2.23. The van der Waals surface area contributed by atoms with Gasteiger partial charge in [0, 0.05) is 33.4 Å². The smallest absolute Gasteiger partial charge is 0.143 e. The number of nitrogens with one attached hydrogen (secondary N) is 2. The van der Waals surface area contributed by atoms with Crippen molar-refractivity contribution in [3.63, 3.8) is 0 Å². The number of allylic oxidation sites excluding steroid dienone is 5. The van der Waals surface area contributed by atoms with Crippen LogP contribution in [0.15, 0.2) is 97.4 Å². The van der Waals surface area contributed by atoms with Gasteiger partial charge in [0.15, 0.2) is 0 Å². The minimum atomic E-state index is 0.0902. The fourth-order valence-corrected chi connectivity index (χ4v) is 5.21. The zero-order valence-electron chi connectivity index (χ0n) is 21.0. The summed E-state index contributed by atoms with van der Waals surface area (Å²) in [4.78, 5) is 10.6. The zero-order valence-corrected chi connectivity index (χ0v) is 21.8. The molecule has 9 heteroatoms. The Kier molecular flexibility index (Phi) is 6.17. The van der Waals surface area contributed by atoms with Crippen molar-refractivity contribution >= 4 is 22.9 Å². The summed E-state index contributed by atoms with van der Waals surface area (Å²) in [5.41, 5.74) is 9.03. The number of fused-ring (bicyclic) bond motifs is 1. The summed E-state index contributed by atoms with van der Waals surface area (Å²) in [6, 6.07) is 14.1. The van der Waals surface area contributed by atoms with Gasteiger partial charge in [0.1, 0.15) is 12.2 Å². The van der Waals surface area contributed by atoms with E-state index in [4.69, 9.17) is 16.6 Å². The number of halogens is 1. The first-order valence-corrected chi connectivity index (χ1v) is 12.9. The predicted molar refractivity (Wildman–Crippen MR) is 150 cm³/mol. The average Bonchev–Trinajstić information content (AvgIpc) is 3.70. The maximum absolute atomic E-state index is 6.38. The zero-order chi connectivity index (χ0) is 26.2. The number of aromatic nitrogens is 6. The lowest BCUT2D eigenvalue weighted by Gasteiger charge is -2.31. The van der Waals surface area contributed by atoms with Crippen molar-refractivity contribution < 1.29 is 0 Å². The van der Waals surface area contributed by atoms with Crippen LogP contribution in [0.5, 0.6) is 0 Å². The van der Waals surface area contributed by atoms with Crippen molar-refractivity contribution in [1.82, 2.24) is 35.1 Å². The number of nitrogens with zero attached hydrogens (tertiary/aromatic N) is 6. The third-order valence-corrected chi connectivity index (χ3v) is 7.20. The minimum absolute atomic E-state index is 0.0902. The summed E-state index contributed by atoms with van der Waals surface area (Å²) in [6.07, 6.45) is 10.5. The van der Waals surface area contributed by atoms with Crippen LogP contribution < -0.4 is 5.32 Å². The molecule has 8 nitrogen and oxygen atoms in total. The minimum Gasteiger partial charge on any atom is -0.359 e. The van der Waals surface area contributed by atoms with E-state index in [9.17, 15) is 0 Å². The van der Waals surface area contributed by atoms with Crippen LogP contribution >= 0.6 is 11.6 Å². The third kappa shape index (κ3) is 4.43. The molecule has 2 aromatic carbocycles. The molecule has 0 saturated carbocycles. The highest BCUT2D eigenvalue weighted by atomic mass is 35.5. The summed E-state index contributed by atoms with van der Waals surface area (Å²) in [5, 5.41) is 15.6. The Bertz CT molecular complexity index is 1580. The van der Waals surface area contributed by atoms with Crippen LogP contribution in [0.25, 0.3) is 22.5 Å². The van der Waals surface area contributed by atoms with Crippen LogP contribution in [-0.2, 0) is 0 Å². The van der Waals surface area contributed by atoms with Gasteiger partial charge in [-0.3, -0.25) is 0 Å². The van der Waals surface area contributed by atoms with E-state index in [1.165, 1.54) is 5.70 Å². The number of hydrogen-bond acceptors (Lipinski definition) is 6. The number of H-pyrrole nitrogens is 1. The van der Waals surface area contributed by atoms with Crippen LogP contribution in [0, 0.1) is 0 Å². The lowest BCUT2D eigenvalue weighted by atomic mass is 9.98. The molecule has 0 aliphatic carbocycles. The molecule has 0 amide bonds. The first-order valence-electron chi connectivity index (χ1n) is 12.5. The van der Waals surface area contributed by atoms with Gasteiger partial charge in [0.2, 0.25) is 0 Å². The molecule has 38 heavy (non-hydrogen) atoms. The van der Waals surface area contributed by atoms with E-state index in [1.807, 2.05) is 24.4 Å². The number of hydrogen-bond donors (Lipinski definition) is 2. The molecule has 2 N–H and O–H groups in total. The molecule has 1 fully saturated rings. The number of tetrazole rings is 1. The van der Waals surface area contributed by atoms with Crippen LogP contribution in [0.3, 0.4) is 0 Å². The van der Waals surface area contributed by atoms with Gasteiger partial charge in [-0.05, 0) is 83.3 Å². The quantitative estimate of drug-likeness (QED) is 0.282. The Labute approximate surface area is 226 Å². The standard InChI is InChI=1S/C29H27ClN8/c1-4-18(2)33-23-8-5-20(6-9-23)26-16-31-29(34-26)28-12-10-24-14-21(13-19(3)38(24)28)25-15-22(30)7-11-27(25)37-17-32-35-36-37/h5-9,11,13-17,28,33H,2-4,10,12H2,1H3,(H,31,34). The Hall–Kier alpha value is -4.43. The van der Waals surface area contributed by atoms with Gasteiger partial charge in [0.25, 0.3) is 0 Å². The van der Waals surface area contributed by atoms with Crippen molar-refractivity contribution in [2.24, 2.45) is 0 Å². The molecular formula is C29H27ClN8. The Morgan fingerprint density at radius 2 is 2.03 bits per heavy atom. The van der Waals surface area contributed by atoms with Gasteiger partial charge in [-0.25, -0.2) is 4.98 Å². The maximum atomic E-state index is 6.38. The van der Waals surface area contributed by atoms with Crippen molar-refractivity contribution in [1.29, 1.82) is 0 Å². The van der Waals surface area contributed by atoms with Gasteiger partial charge in [-0.1, -0.05) is 43.8 Å². The lowest BCUT2D eigenvalue weighted by molar-refractivity contribution is 0.366. The maximum Gasteiger partial charge on any atom is 0.143 e. The molecular weight excluding hydrogens is 496 g/mol. The molecule has 190 valence electrons. The number of anilines is 1. The van der Waals surface area contributed by atoms with Gasteiger partial charge in [-0.2, -0.15) is 4.68 Å². The molecule has 4 heterocycles. The normalized spacial score (nSPS) is 16.7. The number of imidazole rings is 1. The number of rotatable bonds is 7. The second-order valence-electron chi connectivity index (χ2n) is 9.41. The number of benzene rings is 2. The predicted octanol–water partition coefficient (Wildman–Crippen LogP) is 6.67. The van der Waals surface area contributed by atoms with Gasteiger partial charge in [0.05, 0.1) is 23.6 Å². The van der Waals surface area contributed by atoms with E-state index in [0.29, 0.717) is 5.02 Å². The first kappa shape index (κ1) is 23.9. The van der Waals surface area contributed by atoms with Crippen molar-refractivity contribution in [2.45, 2.75) is 32.2 Å². The van der Waals surface area contributed by atoms with Gasteiger partial charge in [-0.15, -0.1) is 5.10 Å². The average molecular weight is 523 g/mol. The summed E-state index contributed by atoms with van der Waals surface area (Å²) < 4.78 is 1.64. The summed E-state index contributed by atoms with van der Waals surface area (Å²) in [5.74, 6) is 0.931. The molecule has 1 atom stereocenters. The van der Waals surface area contributed by atoms with Crippen LogP contribution in [0.2, 0.25) is 5.02 Å². The molecule has 4 aromatic rings. The SMILES string of the molecule is C=C(CC)Nc1ccc(-c2cnc(C3CCC4=CC(c5cc(Cl)ccc5-n5cnnn5)=CC(=C)N43)[nH]2)cc1. The van der Waals surface area contributed by atoms with E-state index < -0.39 is 0 Å². The fourth-order valence-electron chi connectivity index (χ4n) is 5.03. The molecule has 6 rings (SSSR count). The Morgan fingerprint density at radius 1 is 1.18 bits per heavy atom. The van der Waals surface area contributed by atoms with Crippen molar-refractivity contribution in [2.75, 3.05) is 5.32 Å². The topological polar surface area (TPSA) is 87.6 Å². The van der Waals surface area contributed by atoms with E-state index in [0.717, 1.165) is 70.2 Å². The first-order chi connectivity index (χ1) is 18.5. The van der Waals surface area contributed by atoms with E-state index in [1.54, 1.807) is 11.0 Å². The Balaban J connectivity index is 1.25. The van der Waals surface area contributed by atoms with Crippen molar-refractivity contribution in [3.05, 3.63) is 114 Å². The fraction of sp³-hybridized carbons (Fsp3) is 0.172. The molecule has 1 unspecified atom stereocenters. The highest BCUT2D eigenvalue weighted by Crippen LogP contribution is 2.45. The molecule has 2 aliphatic rings. The monoisotopic (exact) mass is 522 g/mol. The van der Waals surface area contributed by atoms with E-state index in [2.05, 4.69) is 87.2 Å². The highest BCUT2D eigenvalue weighted by molar-refractivity contribution is 6.30. The van der Waals surface area contributed by atoms with Crippen LogP contribution in [0.1, 0.15) is 43.6 Å². The molecule has 0 bridgehead atoms. The van der Waals surface area contributed by atoms with Crippen LogP contribution in [0.4, 0.5) is 5.69 Å². The third-order valence-electron chi connectivity index (χ3n) is 6.97. The molecule has 1 saturated heterocycles. The van der Waals surface area contributed by atoms with E-state index in [-0.39, 0.29) is 6.04 Å². The summed E-state index contributed by atoms with van der Waals surface area (Å²) in [7, 11) is 0. The largest absolute Gasteiger partial charge is 0.359 e. The summed E-state index contributed by atoms with van der Waals surface area (Å²) >= 11 is 6.38. The second-order valence-corrected chi connectivity index (χ2v) is 9.85. The van der Waals surface area contributed by atoms with Gasteiger partial charge >= 0.3 is 0 Å². The molecule has 2 aromatic heterocycles. The Morgan fingerprint density at radius 3 is 2.79 bits per heavy atom. The van der Waals surface area contributed by atoms with Crippen LogP contribution in [-0.4, -0.2) is 35.1 Å². The highest BCUT2D eigenvalue weighted by Gasteiger charge is 2.35. The van der Waals surface area contributed by atoms with Crippen molar-refractivity contribution in [3.8, 4) is 16.9 Å². The second kappa shape index (κ2) is 9.79. The summed E-state index contributed by atoms with van der Waals surface area (Å²) in [6.45, 7) is 10.5. The molecule has 0 spiro atoms. The number of aromatic amines is 1. The molecule has 0 radical (unpaired) electrons. The molecule has 2 aliphatic heterocycles. The van der Waals surface area contributed by atoms with Gasteiger partial charge < -0.3 is 15.2 Å².